The molecule has 0 bridgehead atoms. The third-order valence-electron chi connectivity index (χ3n) is 2.89. The van der Waals surface area contributed by atoms with Crippen LogP contribution >= 0.6 is 0 Å². The van der Waals surface area contributed by atoms with E-state index in [4.69, 9.17) is 0 Å². The standard InChI is InChI=1S/C10H22N2O2S/c1-4-12(9(2)3)15(13,14)10-6-5-7-11-8-10/h9-11H,4-8H2,1-3H3. The van der Waals surface area contributed by atoms with Gasteiger partial charge in [-0.2, -0.15) is 4.31 Å². The molecule has 0 spiro atoms. The molecular weight excluding hydrogens is 212 g/mol. The Labute approximate surface area is 93.1 Å². The number of nitrogens with one attached hydrogen (secondary N) is 1. The summed E-state index contributed by atoms with van der Waals surface area (Å²) in [5, 5.41) is 2.92. The Balaban J connectivity index is 2.79. The van der Waals surface area contributed by atoms with Crippen molar-refractivity contribution in [2.24, 2.45) is 0 Å². The van der Waals surface area contributed by atoms with Gasteiger partial charge in [-0.1, -0.05) is 6.92 Å². The van der Waals surface area contributed by atoms with Crippen molar-refractivity contribution >= 4 is 10.0 Å². The molecule has 15 heavy (non-hydrogen) atoms. The minimum atomic E-state index is -3.10. The Kier molecular flexibility index (Phi) is 4.55. The van der Waals surface area contributed by atoms with E-state index in [1.54, 1.807) is 4.31 Å². The lowest BCUT2D eigenvalue weighted by Gasteiger charge is -2.31. The van der Waals surface area contributed by atoms with E-state index >= 15 is 0 Å². The molecule has 1 atom stereocenters. The van der Waals surface area contributed by atoms with Crippen LogP contribution in [0.2, 0.25) is 0 Å². The van der Waals surface area contributed by atoms with Crippen LogP contribution in [0.15, 0.2) is 0 Å². The van der Waals surface area contributed by atoms with Gasteiger partial charge >= 0.3 is 0 Å². The van der Waals surface area contributed by atoms with Gasteiger partial charge in [-0.05, 0) is 33.2 Å². The van der Waals surface area contributed by atoms with Crippen LogP contribution in [0.5, 0.6) is 0 Å². The molecule has 0 aliphatic carbocycles. The molecule has 1 saturated heterocycles. The van der Waals surface area contributed by atoms with Crippen molar-refractivity contribution in [3.05, 3.63) is 0 Å². The summed E-state index contributed by atoms with van der Waals surface area (Å²) < 4.78 is 26.1. The van der Waals surface area contributed by atoms with Crippen LogP contribution in [0.4, 0.5) is 0 Å². The molecule has 0 saturated carbocycles. The summed E-state index contributed by atoms with van der Waals surface area (Å²) in [5.74, 6) is 0. The molecular formula is C10H22N2O2S. The summed E-state index contributed by atoms with van der Waals surface area (Å²) >= 11 is 0. The maximum atomic E-state index is 12.2. The first kappa shape index (κ1) is 12.9. The molecule has 0 amide bonds. The zero-order chi connectivity index (χ0) is 11.5. The van der Waals surface area contributed by atoms with Crippen LogP contribution in [0.25, 0.3) is 0 Å². The molecule has 0 radical (unpaired) electrons. The number of piperidine rings is 1. The predicted octanol–water partition coefficient (Wildman–Crippen LogP) is 0.799. The molecule has 0 aromatic heterocycles. The van der Waals surface area contributed by atoms with Gasteiger partial charge in [-0.25, -0.2) is 8.42 Å². The number of rotatable bonds is 4. The number of hydrogen-bond donors (Lipinski definition) is 1. The highest BCUT2D eigenvalue weighted by molar-refractivity contribution is 7.89. The van der Waals surface area contributed by atoms with Crippen molar-refractivity contribution < 1.29 is 8.42 Å². The van der Waals surface area contributed by atoms with Gasteiger partial charge in [0.1, 0.15) is 0 Å². The molecule has 5 heteroatoms. The second kappa shape index (κ2) is 5.27. The van der Waals surface area contributed by atoms with Gasteiger partial charge in [-0.3, -0.25) is 0 Å². The lowest BCUT2D eigenvalue weighted by molar-refractivity contribution is 0.355. The van der Waals surface area contributed by atoms with Crippen LogP contribution in [-0.2, 0) is 10.0 Å². The van der Waals surface area contributed by atoms with E-state index < -0.39 is 10.0 Å². The molecule has 1 aliphatic heterocycles. The third-order valence-corrected chi connectivity index (χ3v) is 5.47. The summed E-state index contributed by atoms with van der Waals surface area (Å²) in [5.41, 5.74) is 0. The van der Waals surface area contributed by atoms with E-state index in [2.05, 4.69) is 5.32 Å². The highest BCUT2D eigenvalue weighted by Crippen LogP contribution is 2.18. The molecule has 0 aromatic rings. The lowest BCUT2D eigenvalue weighted by Crippen LogP contribution is -2.48. The van der Waals surface area contributed by atoms with E-state index in [1.807, 2.05) is 20.8 Å². The molecule has 1 fully saturated rings. The van der Waals surface area contributed by atoms with Crippen molar-refractivity contribution in [2.75, 3.05) is 19.6 Å². The smallest absolute Gasteiger partial charge is 0.218 e. The monoisotopic (exact) mass is 234 g/mol. The molecule has 1 N–H and O–H groups in total. The van der Waals surface area contributed by atoms with Crippen LogP contribution in [0.1, 0.15) is 33.6 Å². The van der Waals surface area contributed by atoms with Gasteiger partial charge in [0, 0.05) is 19.1 Å². The maximum Gasteiger partial charge on any atom is 0.218 e. The Morgan fingerprint density at radius 1 is 1.47 bits per heavy atom. The minimum absolute atomic E-state index is 0.0573. The fraction of sp³-hybridized carbons (Fsp3) is 1.00. The summed E-state index contributed by atoms with van der Waals surface area (Å²) in [6.07, 6.45) is 1.75. The highest BCUT2D eigenvalue weighted by Gasteiger charge is 2.33. The summed E-state index contributed by atoms with van der Waals surface area (Å²) in [7, 11) is -3.10. The SMILES string of the molecule is CCN(C(C)C)S(=O)(=O)C1CCCNC1. The first-order valence-electron chi connectivity index (χ1n) is 5.71. The van der Waals surface area contributed by atoms with E-state index in [0.29, 0.717) is 13.1 Å². The molecule has 1 heterocycles. The van der Waals surface area contributed by atoms with Crippen LogP contribution < -0.4 is 5.32 Å². The molecule has 0 aromatic carbocycles. The summed E-state index contributed by atoms with van der Waals surface area (Å²) in [6, 6.07) is 0.0573. The lowest BCUT2D eigenvalue weighted by atomic mass is 10.2. The van der Waals surface area contributed by atoms with E-state index in [1.165, 1.54) is 0 Å². The van der Waals surface area contributed by atoms with Gasteiger partial charge in [0.15, 0.2) is 0 Å². The fourth-order valence-electron chi connectivity index (χ4n) is 2.10. The molecule has 1 aliphatic rings. The first-order chi connectivity index (χ1) is 7.00. The molecule has 1 rings (SSSR count). The number of nitrogens with zero attached hydrogens (tertiary/aromatic N) is 1. The Bertz CT molecular complexity index is 282. The first-order valence-corrected chi connectivity index (χ1v) is 7.21. The molecule has 4 nitrogen and oxygen atoms in total. The maximum absolute atomic E-state index is 12.2. The van der Waals surface area contributed by atoms with Gasteiger partial charge in [0.2, 0.25) is 10.0 Å². The van der Waals surface area contributed by atoms with Crippen LogP contribution in [0, 0.1) is 0 Å². The third kappa shape index (κ3) is 2.92. The van der Waals surface area contributed by atoms with Gasteiger partial charge in [0.05, 0.1) is 5.25 Å². The Morgan fingerprint density at radius 3 is 2.53 bits per heavy atom. The second-order valence-electron chi connectivity index (χ2n) is 4.31. The van der Waals surface area contributed by atoms with E-state index in [0.717, 1.165) is 19.4 Å². The van der Waals surface area contributed by atoms with Gasteiger partial charge in [-0.15, -0.1) is 0 Å². The van der Waals surface area contributed by atoms with E-state index in [-0.39, 0.29) is 11.3 Å². The van der Waals surface area contributed by atoms with E-state index in [9.17, 15) is 8.42 Å². The molecule has 1 unspecified atom stereocenters. The highest BCUT2D eigenvalue weighted by atomic mass is 32.2. The van der Waals surface area contributed by atoms with Crippen molar-refractivity contribution in [1.82, 2.24) is 9.62 Å². The van der Waals surface area contributed by atoms with Gasteiger partial charge < -0.3 is 5.32 Å². The summed E-state index contributed by atoms with van der Waals surface area (Å²) in [6.45, 7) is 7.87. The topological polar surface area (TPSA) is 49.4 Å². The van der Waals surface area contributed by atoms with Crippen molar-refractivity contribution in [1.29, 1.82) is 0 Å². The Hall–Kier alpha value is -0.130. The summed E-state index contributed by atoms with van der Waals surface area (Å²) in [4.78, 5) is 0. The number of sulfonamides is 1. The average molecular weight is 234 g/mol. The quantitative estimate of drug-likeness (QED) is 0.783. The largest absolute Gasteiger partial charge is 0.315 e. The number of hydrogen-bond acceptors (Lipinski definition) is 3. The van der Waals surface area contributed by atoms with Gasteiger partial charge in [0.25, 0.3) is 0 Å². The van der Waals surface area contributed by atoms with Crippen LogP contribution in [-0.4, -0.2) is 43.6 Å². The molecule has 90 valence electrons. The van der Waals surface area contributed by atoms with Crippen molar-refractivity contribution in [3.63, 3.8) is 0 Å². The van der Waals surface area contributed by atoms with Crippen molar-refractivity contribution in [3.8, 4) is 0 Å². The zero-order valence-corrected chi connectivity index (χ0v) is 10.7. The van der Waals surface area contributed by atoms with Crippen molar-refractivity contribution in [2.45, 2.75) is 44.9 Å². The predicted molar refractivity (Wildman–Crippen MR) is 62.3 cm³/mol. The van der Waals surface area contributed by atoms with Crippen LogP contribution in [0.3, 0.4) is 0 Å². The average Bonchev–Trinajstić information content (AvgIpc) is 2.19. The minimum Gasteiger partial charge on any atom is -0.315 e. The second-order valence-corrected chi connectivity index (χ2v) is 6.48. The normalized spacial score (nSPS) is 23.7. The fourth-order valence-corrected chi connectivity index (χ4v) is 4.23. The zero-order valence-electron chi connectivity index (χ0n) is 9.86. The Morgan fingerprint density at radius 2 is 2.13 bits per heavy atom.